The maximum atomic E-state index is 6.02. The Bertz CT molecular complexity index is 677. The van der Waals surface area contributed by atoms with E-state index in [2.05, 4.69) is 26.8 Å². The number of halogens is 1. The Hall–Kier alpha value is -1.04. The van der Waals surface area contributed by atoms with E-state index in [4.69, 9.17) is 16.1 Å². The molecule has 1 aromatic carbocycles. The normalized spacial score (nSPS) is 24.7. The van der Waals surface area contributed by atoms with Crippen LogP contribution in [0.2, 0.25) is 5.02 Å². The first-order valence-corrected chi connectivity index (χ1v) is 9.55. The summed E-state index contributed by atoms with van der Waals surface area (Å²) in [6.45, 7) is 3.40. The lowest BCUT2D eigenvalue weighted by molar-refractivity contribution is 0.253. The molecular formula is C17H20ClN3OS. The molecule has 23 heavy (non-hydrogen) atoms. The molecule has 2 saturated heterocycles. The predicted octanol–water partition coefficient (Wildman–Crippen LogP) is 3.90. The van der Waals surface area contributed by atoms with Crippen LogP contribution in [0.5, 0.6) is 0 Å². The zero-order valence-corrected chi connectivity index (χ0v) is 14.5. The molecule has 2 aromatic rings. The number of fused-ring (bicyclic) bond motifs is 2. The molecule has 3 heterocycles. The van der Waals surface area contributed by atoms with Gasteiger partial charge in [-0.05, 0) is 37.9 Å². The second-order valence-electron chi connectivity index (χ2n) is 6.32. The molecule has 122 valence electrons. The lowest BCUT2D eigenvalue weighted by Crippen LogP contribution is -2.32. The molecule has 1 aromatic heterocycles. The first-order valence-electron chi connectivity index (χ1n) is 8.22. The Morgan fingerprint density at radius 1 is 1.26 bits per heavy atom. The van der Waals surface area contributed by atoms with Crippen LogP contribution in [0.3, 0.4) is 0 Å². The van der Waals surface area contributed by atoms with Crippen LogP contribution >= 0.6 is 23.4 Å². The minimum absolute atomic E-state index is 0.618. The van der Waals surface area contributed by atoms with E-state index < -0.39 is 0 Å². The van der Waals surface area contributed by atoms with Crippen molar-refractivity contribution in [3.63, 3.8) is 0 Å². The van der Waals surface area contributed by atoms with Crippen molar-refractivity contribution >= 4 is 23.4 Å². The molecule has 0 saturated carbocycles. The van der Waals surface area contributed by atoms with Crippen LogP contribution in [-0.2, 0) is 6.42 Å². The quantitative estimate of drug-likeness (QED) is 0.837. The number of rotatable bonds is 4. The van der Waals surface area contributed by atoms with E-state index in [1.807, 2.05) is 24.3 Å². The van der Waals surface area contributed by atoms with Crippen molar-refractivity contribution in [2.45, 2.75) is 36.2 Å². The average molecular weight is 350 g/mol. The number of likely N-dealkylation sites (tertiary alicyclic amines) is 1. The summed E-state index contributed by atoms with van der Waals surface area (Å²) in [6.07, 6.45) is 4.93. The Morgan fingerprint density at radius 2 is 2.17 bits per heavy atom. The second kappa shape index (κ2) is 6.83. The Morgan fingerprint density at radius 3 is 3.09 bits per heavy atom. The molecule has 0 radical (unpaired) electrons. The van der Waals surface area contributed by atoms with Crippen molar-refractivity contribution in [3.8, 4) is 11.4 Å². The number of benzene rings is 1. The molecule has 2 aliphatic rings. The third-order valence-corrected chi connectivity index (χ3v) is 6.48. The van der Waals surface area contributed by atoms with Crippen LogP contribution in [0, 0.1) is 0 Å². The second-order valence-corrected chi connectivity index (χ2v) is 8.36. The van der Waals surface area contributed by atoms with Gasteiger partial charge in [-0.3, -0.25) is 0 Å². The monoisotopic (exact) mass is 349 g/mol. The summed E-state index contributed by atoms with van der Waals surface area (Å²) in [5, 5.41) is 6.48. The number of hydrogen-bond acceptors (Lipinski definition) is 5. The highest BCUT2D eigenvalue weighted by molar-refractivity contribution is 8.00. The molecule has 2 unspecified atom stereocenters. The topological polar surface area (TPSA) is 42.2 Å². The molecule has 4 nitrogen and oxygen atoms in total. The predicted molar refractivity (Wildman–Crippen MR) is 93.9 cm³/mol. The summed E-state index contributed by atoms with van der Waals surface area (Å²) in [6, 6.07) is 7.55. The summed E-state index contributed by atoms with van der Waals surface area (Å²) in [5.41, 5.74) is 0.899. The third kappa shape index (κ3) is 3.73. The molecule has 2 bridgehead atoms. The van der Waals surface area contributed by atoms with Gasteiger partial charge in [-0.25, -0.2) is 0 Å². The van der Waals surface area contributed by atoms with Gasteiger partial charge in [-0.15, -0.1) is 0 Å². The molecule has 4 rings (SSSR count). The van der Waals surface area contributed by atoms with Crippen molar-refractivity contribution in [3.05, 3.63) is 35.2 Å². The molecule has 6 heteroatoms. The minimum atomic E-state index is 0.618. The average Bonchev–Trinajstić information content (AvgIpc) is 3.13. The van der Waals surface area contributed by atoms with Crippen molar-refractivity contribution < 1.29 is 4.52 Å². The highest BCUT2D eigenvalue weighted by Gasteiger charge is 2.30. The SMILES string of the molecule is Clc1cccc(-c2noc(CCN3CCC4CCC(C3)S4)n2)c1. The Labute approximate surface area is 145 Å². The Kier molecular flexibility index (Phi) is 4.60. The van der Waals surface area contributed by atoms with Gasteiger partial charge in [0.15, 0.2) is 0 Å². The van der Waals surface area contributed by atoms with Crippen molar-refractivity contribution in [1.82, 2.24) is 15.0 Å². The fourth-order valence-corrected chi connectivity index (χ4v) is 5.21. The van der Waals surface area contributed by atoms with E-state index in [1.165, 1.54) is 32.4 Å². The van der Waals surface area contributed by atoms with Crippen LogP contribution in [0.25, 0.3) is 11.4 Å². The van der Waals surface area contributed by atoms with Gasteiger partial charge >= 0.3 is 0 Å². The van der Waals surface area contributed by atoms with Crippen LogP contribution in [0.4, 0.5) is 0 Å². The largest absolute Gasteiger partial charge is 0.339 e. The van der Waals surface area contributed by atoms with Gasteiger partial charge in [0.25, 0.3) is 0 Å². The van der Waals surface area contributed by atoms with Gasteiger partial charge < -0.3 is 9.42 Å². The van der Waals surface area contributed by atoms with E-state index in [-0.39, 0.29) is 0 Å². The van der Waals surface area contributed by atoms with E-state index in [9.17, 15) is 0 Å². The molecule has 0 amide bonds. The summed E-state index contributed by atoms with van der Waals surface area (Å²) >= 11 is 8.21. The van der Waals surface area contributed by atoms with Crippen LogP contribution < -0.4 is 0 Å². The molecule has 0 aliphatic carbocycles. The first-order chi connectivity index (χ1) is 11.3. The maximum Gasteiger partial charge on any atom is 0.228 e. The zero-order valence-electron chi connectivity index (χ0n) is 12.9. The highest BCUT2D eigenvalue weighted by Crippen LogP contribution is 2.38. The van der Waals surface area contributed by atoms with E-state index in [0.717, 1.165) is 29.0 Å². The van der Waals surface area contributed by atoms with Crippen LogP contribution in [0.1, 0.15) is 25.2 Å². The van der Waals surface area contributed by atoms with Crippen molar-refractivity contribution in [2.75, 3.05) is 19.6 Å². The van der Waals surface area contributed by atoms with Gasteiger partial charge in [0.05, 0.1) is 0 Å². The van der Waals surface area contributed by atoms with Gasteiger partial charge in [0, 0.05) is 40.6 Å². The standard InChI is InChI=1S/C17H20ClN3OS/c18-13-3-1-2-12(10-13)17-19-16(22-20-17)7-9-21-8-6-14-4-5-15(11-21)23-14/h1-3,10,14-15H,4-9,11H2. The summed E-state index contributed by atoms with van der Waals surface area (Å²) in [5.74, 6) is 1.33. The highest BCUT2D eigenvalue weighted by atomic mass is 35.5. The lowest BCUT2D eigenvalue weighted by atomic mass is 10.1. The third-order valence-electron chi connectivity index (χ3n) is 4.62. The van der Waals surface area contributed by atoms with E-state index in [1.54, 1.807) is 0 Å². The minimum Gasteiger partial charge on any atom is -0.339 e. The molecule has 0 spiro atoms. The maximum absolute atomic E-state index is 6.02. The van der Waals surface area contributed by atoms with Crippen molar-refractivity contribution in [1.29, 1.82) is 0 Å². The molecule has 0 N–H and O–H groups in total. The van der Waals surface area contributed by atoms with E-state index >= 15 is 0 Å². The number of hydrogen-bond donors (Lipinski definition) is 0. The van der Waals surface area contributed by atoms with Gasteiger partial charge in [-0.2, -0.15) is 16.7 Å². The molecular weight excluding hydrogens is 330 g/mol. The number of nitrogens with zero attached hydrogens (tertiary/aromatic N) is 3. The van der Waals surface area contributed by atoms with Crippen LogP contribution in [0.15, 0.2) is 28.8 Å². The van der Waals surface area contributed by atoms with Crippen LogP contribution in [-0.4, -0.2) is 45.2 Å². The molecule has 2 atom stereocenters. The molecule has 2 aliphatic heterocycles. The number of aromatic nitrogens is 2. The fraction of sp³-hybridized carbons (Fsp3) is 0.529. The summed E-state index contributed by atoms with van der Waals surface area (Å²) in [4.78, 5) is 7.06. The zero-order chi connectivity index (χ0) is 15.6. The van der Waals surface area contributed by atoms with Crippen molar-refractivity contribution in [2.24, 2.45) is 0 Å². The van der Waals surface area contributed by atoms with Gasteiger partial charge in [0.1, 0.15) is 0 Å². The van der Waals surface area contributed by atoms with Gasteiger partial charge in [0.2, 0.25) is 11.7 Å². The summed E-state index contributed by atoms with van der Waals surface area (Å²) in [7, 11) is 0. The van der Waals surface area contributed by atoms with Gasteiger partial charge in [-0.1, -0.05) is 28.9 Å². The fourth-order valence-electron chi connectivity index (χ4n) is 3.39. The first kappa shape index (κ1) is 15.5. The molecule has 2 fully saturated rings. The Balaban J connectivity index is 1.36. The number of thioether (sulfide) groups is 1. The lowest BCUT2D eigenvalue weighted by Gasteiger charge is -2.23. The smallest absolute Gasteiger partial charge is 0.228 e. The van der Waals surface area contributed by atoms with E-state index in [0.29, 0.717) is 16.7 Å². The summed E-state index contributed by atoms with van der Waals surface area (Å²) < 4.78 is 5.41.